The van der Waals surface area contributed by atoms with Gasteiger partial charge in [-0.1, -0.05) is 37.6 Å². The molecular formula is C25H27F3N4OS. The van der Waals surface area contributed by atoms with Crippen LogP contribution in [0.3, 0.4) is 0 Å². The molecule has 4 rings (SSSR count). The van der Waals surface area contributed by atoms with E-state index in [2.05, 4.69) is 21.9 Å². The van der Waals surface area contributed by atoms with Gasteiger partial charge in [0.25, 0.3) is 0 Å². The lowest BCUT2D eigenvalue weighted by molar-refractivity contribution is -0.137. The Morgan fingerprint density at radius 3 is 2.56 bits per heavy atom. The SMILES string of the molecule is CCCCN=c1scc(-c2cccc(C(F)(F)F)c2)n1/N=C/c1ccc(N2CCOCC2)cc1. The Kier molecular flexibility index (Phi) is 7.84. The predicted octanol–water partition coefficient (Wildman–Crippen LogP) is 5.66. The van der Waals surface area contributed by atoms with Crippen LogP contribution in [-0.2, 0) is 10.9 Å². The average molecular weight is 489 g/mol. The van der Waals surface area contributed by atoms with Gasteiger partial charge in [0.1, 0.15) is 0 Å². The number of rotatable bonds is 7. The molecule has 3 aromatic rings. The molecule has 0 aliphatic carbocycles. The van der Waals surface area contributed by atoms with Crippen LogP contribution in [0.4, 0.5) is 18.9 Å². The van der Waals surface area contributed by atoms with Crippen LogP contribution in [0.2, 0.25) is 0 Å². The molecule has 0 bridgehead atoms. The summed E-state index contributed by atoms with van der Waals surface area (Å²) in [6.45, 7) is 5.90. The molecule has 0 radical (unpaired) electrons. The molecule has 1 aromatic heterocycles. The van der Waals surface area contributed by atoms with E-state index in [1.807, 2.05) is 24.3 Å². The molecule has 1 fully saturated rings. The summed E-state index contributed by atoms with van der Waals surface area (Å²) in [6, 6.07) is 13.4. The normalized spacial score (nSPS) is 15.4. The molecule has 1 saturated heterocycles. The van der Waals surface area contributed by atoms with E-state index in [4.69, 9.17) is 4.74 Å². The van der Waals surface area contributed by atoms with Gasteiger partial charge in [-0.15, -0.1) is 11.3 Å². The number of alkyl halides is 3. The van der Waals surface area contributed by atoms with Gasteiger partial charge in [0.2, 0.25) is 4.80 Å². The molecular weight excluding hydrogens is 461 g/mol. The van der Waals surface area contributed by atoms with Gasteiger partial charge in [-0.05, 0) is 36.2 Å². The summed E-state index contributed by atoms with van der Waals surface area (Å²) < 4.78 is 46.8. The van der Waals surface area contributed by atoms with E-state index in [0.29, 0.717) is 22.6 Å². The first kappa shape index (κ1) is 24.2. The highest BCUT2D eigenvalue weighted by Gasteiger charge is 2.30. The van der Waals surface area contributed by atoms with E-state index >= 15 is 0 Å². The summed E-state index contributed by atoms with van der Waals surface area (Å²) in [5, 5.41) is 6.42. The van der Waals surface area contributed by atoms with Gasteiger partial charge in [0.15, 0.2) is 0 Å². The standard InChI is InChI=1S/C25H27F3N4OS/c1-2-3-11-29-24-32(23(18-34-24)20-5-4-6-21(16-20)25(26,27)28)30-17-19-7-9-22(10-8-19)31-12-14-33-15-13-31/h4-10,16-18H,2-3,11-15H2,1H3/b29-24?,30-17+. The van der Waals surface area contributed by atoms with Crippen molar-refractivity contribution in [1.82, 2.24) is 4.68 Å². The molecule has 1 aliphatic rings. The number of thiazole rings is 1. The lowest BCUT2D eigenvalue weighted by atomic mass is 10.1. The van der Waals surface area contributed by atoms with Crippen molar-refractivity contribution in [1.29, 1.82) is 0 Å². The van der Waals surface area contributed by atoms with Crippen LogP contribution >= 0.6 is 11.3 Å². The van der Waals surface area contributed by atoms with Crippen molar-refractivity contribution in [3.8, 4) is 11.3 Å². The maximum absolute atomic E-state index is 13.3. The molecule has 0 atom stereocenters. The third-order valence-corrected chi connectivity index (χ3v) is 6.38. The van der Waals surface area contributed by atoms with E-state index in [1.54, 1.807) is 22.3 Å². The van der Waals surface area contributed by atoms with E-state index in [0.717, 1.165) is 62.5 Å². The second-order valence-corrected chi connectivity index (χ2v) is 8.80. The Bertz CT molecular complexity index is 1180. The number of benzene rings is 2. The van der Waals surface area contributed by atoms with E-state index in [1.165, 1.54) is 17.4 Å². The van der Waals surface area contributed by atoms with Crippen molar-refractivity contribution in [2.75, 3.05) is 37.7 Å². The number of aromatic nitrogens is 1. The largest absolute Gasteiger partial charge is 0.416 e. The zero-order valence-corrected chi connectivity index (χ0v) is 19.8. The Hall–Kier alpha value is -2.91. The summed E-state index contributed by atoms with van der Waals surface area (Å²) in [5.41, 5.74) is 2.36. The van der Waals surface area contributed by atoms with Gasteiger partial charge in [-0.2, -0.15) is 18.3 Å². The first-order valence-corrected chi connectivity index (χ1v) is 12.2. The third kappa shape index (κ3) is 5.95. The Labute approximate surface area is 200 Å². The fraction of sp³-hybridized carbons (Fsp3) is 0.360. The number of morpholine rings is 1. The Morgan fingerprint density at radius 1 is 1.09 bits per heavy atom. The van der Waals surface area contributed by atoms with Gasteiger partial charge < -0.3 is 9.64 Å². The van der Waals surface area contributed by atoms with Crippen LogP contribution in [0.1, 0.15) is 30.9 Å². The van der Waals surface area contributed by atoms with Crippen molar-refractivity contribution in [2.24, 2.45) is 10.1 Å². The second kappa shape index (κ2) is 11.0. The number of ether oxygens (including phenoxy) is 1. The predicted molar refractivity (Wildman–Crippen MR) is 131 cm³/mol. The fourth-order valence-electron chi connectivity index (χ4n) is 3.62. The zero-order chi connectivity index (χ0) is 24.0. The first-order valence-electron chi connectivity index (χ1n) is 11.3. The van der Waals surface area contributed by atoms with Crippen molar-refractivity contribution in [2.45, 2.75) is 25.9 Å². The lowest BCUT2D eigenvalue weighted by Crippen LogP contribution is -2.36. The molecule has 180 valence electrons. The fourth-order valence-corrected chi connectivity index (χ4v) is 4.49. The number of hydrogen-bond acceptors (Lipinski definition) is 5. The molecule has 0 unspecified atom stereocenters. The molecule has 34 heavy (non-hydrogen) atoms. The van der Waals surface area contributed by atoms with Crippen molar-refractivity contribution >= 4 is 23.2 Å². The molecule has 2 aromatic carbocycles. The van der Waals surface area contributed by atoms with Gasteiger partial charge in [0, 0.05) is 36.3 Å². The summed E-state index contributed by atoms with van der Waals surface area (Å²) in [4.78, 5) is 7.55. The Balaban J connectivity index is 1.65. The van der Waals surface area contributed by atoms with Gasteiger partial charge in [-0.3, -0.25) is 4.99 Å². The van der Waals surface area contributed by atoms with Crippen LogP contribution in [0, 0.1) is 0 Å². The smallest absolute Gasteiger partial charge is 0.378 e. The van der Waals surface area contributed by atoms with Crippen molar-refractivity contribution < 1.29 is 17.9 Å². The van der Waals surface area contributed by atoms with Crippen molar-refractivity contribution in [3.05, 3.63) is 69.8 Å². The maximum atomic E-state index is 13.3. The first-order chi connectivity index (χ1) is 16.5. The zero-order valence-electron chi connectivity index (χ0n) is 19.0. The summed E-state index contributed by atoms with van der Waals surface area (Å²) in [6.07, 6.45) is -0.750. The summed E-state index contributed by atoms with van der Waals surface area (Å²) >= 11 is 1.37. The van der Waals surface area contributed by atoms with Crippen LogP contribution in [-0.4, -0.2) is 43.7 Å². The molecule has 5 nitrogen and oxygen atoms in total. The topological polar surface area (TPSA) is 42.1 Å². The molecule has 1 aliphatic heterocycles. The number of halogens is 3. The van der Waals surface area contributed by atoms with Crippen LogP contribution in [0.25, 0.3) is 11.3 Å². The molecule has 0 N–H and O–H groups in total. The molecule has 9 heteroatoms. The molecule has 0 spiro atoms. The highest BCUT2D eigenvalue weighted by atomic mass is 32.1. The van der Waals surface area contributed by atoms with E-state index in [9.17, 15) is 13.2 Å². The molecule has 2 heterocycles. The monoisotopic (exact) mass is 488 g/mol. The number of anilines is 1. The highest BCUT2D eigenvalue weighted by molar-refractivity contribution is 7.07. The average Bonchev–Trinajstić information content (AvgIpc) is 3.26. The summed E-state index contributed by atoms with van der Waals surface area (Å²) in [5.74, 6) is 0. The number of nitrogens with zero attached hydrogens (tertiary/aromatic N) is 4. The third-order valence-electron chi connectivity index (χ3n) is 5.52. The quantitative estimate of drug-likeness (QED) is 0.318. The van der Waals surface area contributed by atoms with E-state index < -0.39 is 11.7 Å². The lowest BCUT2D eigenvalue weighted by Gasteiger charge is -2.28. The van der Waals surface area contributed by atoms with Crippen LogP contribution in [0.5, 0.6) is 0 Å². The molecule has 0 amide bonds. The van der Waals surface area contributed by atoms with Gasteiger partial charge in [0.05, 0.1) is 30.7 Å². The minimum absolute atomic E-state index is 0.447. The van der Waals surface area contributed by atoms with Crippen LogP contribution < -0.4 is 9.70 Å². The molecule has 0 saturated carbocycles. The summed E-state index contributed by atoms with van der Waals surface area (Å²) in [7, 11) is 0. The van der Waals surface area contributed by atoms with Crippen molar-refractivity contribution in [3.63, 3.8) is 0 Å². The van der Waals surface area contributed by atoms with Crippen LogP contribution in [0.15, 0.2) is 64.0 Å². The minimum Gasteiger partial charge on any atom is -0.378 e. The van der Waals surface area contributed by atoms with Gasteiger partial charge >= 0.3 is 6.18 Å². The highest BCUT2D eigenvalue weighted by Crippen LogP contribution is 2.32. The maximum Gasteiger partial charge on any atom is 0.416 e. The Morgan fingerprint density at radius 2 is 1.85 bits per heavy atom. The number of unbranched alkanes of at least 4 members (excludes halogenated alkanes) is 1. The second-order valence-electron chi connectivity index (χ2n) is 7.96. The van der Waals surface area contributed by atoms with E-state index in [-0.39, 0.29) is 0 Å². The number of hydrogen-bond donors (Lipinski definition) is 0. The van der Waals surface area contributed by atoms with Gasteiger partial charge in [-0.25, -0.2) is 4.68 Å². The minimum atomic E-state index is -4.41.